The maximum absolute atomic E-state index is 11.2. The molecule has 0 bridgehead atoms. The number of oxazole rings is 1. The number of carbonyl (C=O) groups is 1. The van der Waals surface area contributed by atoms with Crippen molar-refractivity contribution in [3.05, 3.63) is 42.0 Å². The second kappa shape index (κ2) is 5.31. The summed E-state index contributed by atoms with van der Waals surface area (Å²) in [4.78, 5) is 21.2. The fourth-order valence-electron chi connectivity index (χ4n) is 1.44. The Bertz CT molecular complexity index is 524. The monoisotopic (exact) mass is 247 g/mol. The molecule has 0 spiro atoms. The molecule has 0 unspecified atom stereocenters. The molecule has 0 amide bonds. The molecule has 0 saturated carbocycles. The molecule has 0 atom stereocenters. The van der Waals surface area contributed by atoms with Crippen molar-refractivity contribution in [2.45, 2.75) is 6.54 Å². The second-order valence-electron chi connectivity index (χ2n) is 3.68. The van der Waals surface area contributed by atoms with E-state index in [1.165, 1.54) is 13.4 Å². The third-order valence-corrected chi connectivity index (χ3v) is 2.34. The molecule has 0 aliphatic heterocycles. The molecule has 0 N–H and O–H groups in total. The van der Waals surface area contributed by atoms with Crippen molar-refractivity contribution in [2.75, 3.05) is 19.1 Å². The largest absolute Gasteiger partial charge is 0.464 e. The van der Waals surface area contributed by atoms with Gasteiger partial charge in [-0.2, -0.15) is 4.98 Å². The number of pyridine rings is 1. The Morgan fingerprint density at radius 2 is 2.33 bits per heavy atom. The van der Waals surface area contributed by atoms with Crippen LogP contribution in [0.25, 0.3) is 0 Å². The molecule has 2 heterocycles. The summed E-state index contributed by atoms with van der Waals surface area (Å²) >= 11 is 0. The minimum absolute atomic E-state index is 0.153. The highest BCUT2D eigenvalue weighted by molar-refractivity contribution is 5.87. The van der Waals surface area contributed by atoms with Crippen LogP contribution in [0.4, 0.5) is 6.01 Å². The Kier molecular flexibility index (Phi) is 3.57. The van der Waals surface area contributed by atoms with Gasteiger partial charge in [0.05, 0.1) is 19.3 Å². The predicted octanol–water partition coefficient (Wildman–Crippen LogP) is 1.49. The molecule has 0 fully saturated rings. The maximum atomic E-state index is 11.2. The summed E-state index contributed by atoms with van der Waals surface area (Å²) in [5.74, 6) is -0.517. The summed E-state index contributed by atoms with van der Waals surface area (Å²) in [5, 5.41) is 0. The molecule has 2 aromatic rings. The molecule has 2 rings (SSSR count). The first-order valence-corrected chi connectivity index (χ1v) is 5.35. The van der Waals surface area contributed by atoms with E-state index in [1.54, 1.807) is 11.1 Å². The first-order valence-electron chi connectivity index (χ1n) is 5.35. The van der Waals surface area contributed by atoms with Crippen molar-refractivity contribution in [1.82, 2.24) is 9.97 Å². The molecule has 0 aromatic carbocycles. The summed E-state index contributed by atoms with van der Waals surface area (Å²) in [7, 11) is 3.11. The lowest BCUT2D eigenvalue weighted by Gasteiger charge is -2.13. The van der Waals surface area contributed by atoms with Crippen LogP contribution in [-0.2, 0) is 11.3 Å². The molecule has 0 radical (unpaired) electrons. The van der Waals surface area contributed by atoms with Gasteiger partial charge in [-0.15, -0.1) is 0 Å². The van der Waals surface area contributed by atoms with Crippen LogP contribution in [-0.4, -0.2) is 30.1 Å². The third-order valence-electron chi connectivity index (χ3n) is 2.34. The van der Waals surface area contributed by atoms with Gasteiger partial charge in [0, 0.05) is 13.2 Å². The van der Waals surface area contributed by atoms with Crippen LogP contribution in [0, 0.1) is 0 Å². The molecule has 0 aliphatic carbocycles. The van der Waals surface area contributed by atoms with Gasteiger partial charge in [0.25, 0.3) is 6.01 Å². The number of ether oxygens (including phenoxy) is 1. The summed E-state index contributed by atoms with van der Waals surface area (Å²) in [6, 6.07) is 6.01. The molecular formula is C12H13N3O3. The minimum Gasteiger partial charge on any atom is -0.464 e. The van der Waals surface area contributed by atoms with E-state index >= 15 is 0 Å². The SMILES string of the molecule is COC(=O)c1coc(N(C)Cc2ccccn2)n1. The summed E-state index contributed by atoms with van der Waals surface area (Å²) in [5.41, 5.74) is 1.04. The Labute approximate surface area is 104 Å². The number of esters is 1. The average Bonchev–Trinajstić information content (AvgIpc) is 2.88. The van der Waals surface area contributed by atoms with Gasteiger partial charge in [0.1, 0.15) is 6.26 Å². The van der Waals surface area contributed by atoms with E-state index in [9.17, 15) is 4.79 Å². The number of nitrogens with zero attached hydrogens (tertiary/aromatic N) is 3. The van der Waals surface area contributed by atoms with Gasteiger partial charge in [0.15, 0.2) is 5.69 Å². The topological polar surface area (TPSA) is 68.5 Å². The third kappa shape index (κ3) is 2.65. The fraction of sp³-hybridized carbons (Fsp3) is 0.250. The molecule has 0 aliphatic rings. The van der Waals surface area contributed by atoms with Crippen LogP contribution in [0.5, 0.6) is 0 Å². The van der Waals surface area contributed by atoms with Gasteiger partial charge in [-0.3, -0.25) is 4.98 Å². The van der Waals surface area contributed by atoms with Gasteiger partial charge in [0.2, 0.25) is 0 Å². The van der Waals surface area contributed by atoms with Crippen LogP contribution in [0.1, 0.15) is 16.2 Å². The number of aromatic nitrogens is 2. The number of carbonyl (C=O) groups excluding carboxylic acids is 1. The number of hydrogen-bond donors (Lipinski definition) is 0. The first kappa shape index (κ1) is 12.1. The zero-order chi connectivity index (χ0) is 13.0. The number of anilines is 1. The maximum Gasteiger partial charge on any atom is 0.360 e. The van der Waals surface area contributed by atoms with Gasteiger partial charge in [-0.1, -0.05) is 6.07 Å². The van der Waals surface area contributed by atoms with E-state index in [2.05, 4.69) is 14.7 Å². The van der Waals surface area contributed by atoms with E-state index in [-0.39, 0.29) is 5.69 Å². The normalized spacial score (nSPS) is 10.1. The summed E-state index contributed by atoms with van der Waals surface area (Å²) in [6.07, 6.45) is 2.99. The summed E-state index contributed by atoms with van der Waals surface area (Å²) < 4.78 is 9.76. The Morgan fingerprint density at radius 3 is 3.00 bits per heavy atom. The van der Waals surface area contributed by atoms with Crippen molar-refractivity contribution in [3.8, 4) is 0 Å². The Hall–Kier alpha value is -2.37. The van der Waals surface area contributed by atoms with Crippen LogP contribution in [0.15, 0.2) is 35.1 Å². The van der Waals surface area contributed by atoms with Gasteiger partial charge < -0.3 is 14.1 Å². The molecular weight excluding hydrogens is 234 g/mol. The molecule has 0 saturated heterocycles. The molecule has 18 heavy (non-hydrogen) atoms. The quantitative estimate of drug-likeness (QED) is 0.762. The lowest BCUT2D eigenvalue weighted by Crippen LogP contribution is -2.17. The standard InChI is InChI=1S/C12H13N3O3/c1-15(7-9-5-3-4-6-13-9)12-14-10(8-18-12)11(16)17-2/h3-6,8H,7H2,1-2H3. The van der Waals surface area contributed by atoms with E-state index in [4.69, 9.17) is 4.42 Å². The molecule has 6 heteroatoms. The van der Waals surface area contributed by atoms with E-state index in [0.29, 0.717) is 12.6 Å². The van der Waals surface area contributed by atoms with Crippen molar-refractivity contribution in [3.63, 3.8) is 0 Å². The van der Waals surface area contributed by atoms with Crippen LogP contribution in [0.3, 0.4) is 0 Å². The van der Waals surface area contributed by atoms with Crippen molar-refractivity contribution in [1.29, 1.82) is 0 Å². The zero-order valence-corrected chi connectivity index (χ0v) is 10.2. The van der Waals surface area contributed by atoms with Crippen LogP contribution < -0.4 is 4.90 Å². The Morgan fingerprint density at radius 1 is 1.50 bits per heavy atom. The van der Waals surface area contributed by atoms with E-state index in [1.807, 2.05) is 25.2 Å². The number of methoxy groups -OCH3 is 1. The molecule has 94 valence electrons. The minimum atomic E-state index is -0.517. The highest BCUT2D eigenvalue weighted by atomic mass is 16.5. The van der Waals surface area contributed by atoms with Gasteiger partial charge in [-0.05, 0) is 12.1 Å². The van der Waals surface area contributed by atoms with E-state index in [0.717, 1.165) is 5.69 Å². The highest BCUT2D eigenvalue weighted by Crippen LogP contribution is 2.14. The van der Waals surface area contributed by atoms with Gasteiger partial charge >= 0.3 is 5.97 Å². The summed E-state index contributed by atoms with van der Waals surface area (Å²) in [6.45, 7) is 0.544. The predicted molar refractivity (Wildman–Crippen MR) is 64.2 cm³/mol. The molecule has 2 aromatic heterocycles. The van der Waals surface area contributed by atoms with Crippen LogP contribution >= 0.6 is 0 Å². The van der Waals surface area contributed by atoms with Crippen molar-refractivity contribution < 1.29 is 13.9 Å². The lowest BCUT2D eigenvalue weighted by atomic mass is 10.3. The lowest BCUT2D eigenvalue weighted by molar-refractivity contribution is 0.0594. The van der Waals surface area contributed by atoms with Gasteiger partial charge in [-0.25, -0.2) is 4.79 Å². The van der Waals surface area contributed by atoms with Crippen LogP contribution in [0.2, 0.25) is 0 Å². The smallest absolute Gasteiger partial charge is 0.360 e. The number of rotatable bonds is 4. The van der Waals surface area contributed by atoms with E-state index < -0.39 is 5.97 Å². The highest BCUT2D eigenvalue weighted by Gasteiger charge is 2.15. The van der Waals surface area contributed by atoms with Crippen molar-refractivity contribution in [2.24, 2.45) is 0 Å². The average molecular weight is 247 g/mol. The molecule has 6 nitrogen and oxygen atoms in total. The fourth-order valence-corrected chi connectivity index (χ4v) is 1.44. The Balaban J connectivity index is 2.07. The number of hydrogen-bond acceptors (Lipinski definition) is 6. The zero-order valence-electron chi connectivity index (χ0n) is 10.2. The first-order chi connectivity index (χ1) is 8.70. The second-order valence-corrected chi connectivity index (χ2v) is 3.68. The van der Waals surface area contributed by atoms with Crippen molar-refractivity contribution >= 4 is 12.0 Å².